The lowest BCUT2D eigenvalue weighted by Gasteiger charge is -2.26. The molecule has 0 radical (unpaired) electrons. The molecule has 1 aromatic heterocycles. The van der Waals surface area contributed by atoms with Crippen LogP contribution in [0.5, 0.6) is 0 Å². The van der Waals surface area contributed by atoms with E-state index in [9.17, 15) is 0 Å². The van der Waals surface area contributed by atoms with Crippen molar-refractivity contribution in [2.24, 2.45) is 0 Å². The van der Waals surface area contributed by atoms with E-state index in [4.69, 9.17) is 11.3 Å². The number of fused-ring (bicyclic) bond motifs is 4. The van der Waals surface area contributed by atoms with Gasteiger partial charge in [-0.15, -0.1) is 0 Å². The summed E-state index contributed by atoms with van der Waals surface area (Å²) in [5.74, 6) is 0. The van der Waals surface area contributed by atoms with Gasteiger partial charge >= 0.3 is 0 Å². The molecular weight excluding hydrogens is 510 g/mol. The van der Waals surface area contributed by atoms with Crippen molar-refractivity contribution in [1.29, 1.82) is 0 Å². The van der Waals surface area contributed by atoms with Gasteiger partial charge in [0, 0.05) is 27.8 Å². The smallest absolute Gasteiger partial charge is 0.136 e. The standard InChI is InChI=1S/C40H27NO/c1-2-12-31(13-3-1)41(32-24-20-29(21-25-32)35-16-8-11-28-10-4-5-14-34(28)35)33-26-22-30(23-27-33)36-17-9-19-39-40(36)37-15-6-7-18-38(37)42-39/h1-27H/i1D,2D,3D,12D,13D. The Morgan fingerprint density at radius 1 is 0.452 bits per heavy atom. The van der Waals surface area contributed by atoms with Crippen molar-refractivity contribution < 1.29 is 11.3 Å². The highest BCUT2D eigenvalue weighted by Crippen LogP contribution is 2.40. The van der Waals surface area contributed by atoms with E-state index in [2.05, 4.69) is 36.4 Å². The Labute approximate surface area is 251 Å². The first-order valence-electron chi connectivity index (χ1n) is 16.4. The maximum atomic E-state index is 8.83. The van der Waals surface area contributed by atoms with Gasteiger partial charge in [0.2, 0.25) is 0 Å². The van der Waals surface area contributed by atoms with Crippen molar-refractivity contribution in [3.8, 4) is 22.3 Å². The maximum Gasteiger partial charge on any atom is 0.136 e. The Hall–Kier alpha value is -5.60. The fourth-order valence-electron chi connectivity index (χ4n) is 5.83. The first-order valence-corrected chi connectivity index (χ1v) is 13.9. The fourth-order valence-corrected chi connectivity index (χ4v) is 5.83. The van der Waals surface area contributed by atoms with E-state index < -0.39 is 6.04 Å². The molecule has 0 atom stereocenters. The van der Waals surface area contributed by atoms with Gasteiger partial charge in [-0.3, -0.25) is 0 Å². The zero-order chi connectivity index (χ0) is 32.2. The summed E-state index contributed by atoms with van der Waals surface area (Å²) in [4.78, 5) is 1.74. The van der Waals surface area contributed by atoms with E-state index in [0.717, 1.165) is 55.0 Å². The number of para-hydroxylation sites is 2. The van der Waals surface area contributed by atoms with Crippen molar-refractivity contribution in [3.05, 3.63) is 164 Å². The average Bonchev–Trinajstić information content (AvgIpc) is 3.51. The predicted molar refractivity (Wildman–Crippen MR) is 177 cm³/mol. The van der Waals surface area contributed by atoms with Crippen LogP contribution in [-0.4, -0.2) is 0 Å². The SMILES string of the molecule is [2H]c1c([2H])c([2H])c(N(c2ccc(-c3cccc4ccccc34)cc2)c2ccc(-c3cccc4oc5ccccc5c34)cc2)c([2H])c1[2H]. The van der Waals surface area contributed by atoms with Gasteiger partial charge in [0.05, 0.1) is 6.85 Å². The number of hydrogen-bond donors (Lipinski definition) is 0. The van der Waals surface area contributed by atoms with E-state index in [-0.39, 0.29) is 29.9 Å². The highest BCUT2D eigenvalue weighted by Gasteiger charge is 2.15. The van der Waals surface area contributed by atoms with E-state index >= 15 is 0 Å². The summed E-state index contributed by atoms with van der Waals surface area (Å²) >= 11 is 0. The lowest BCUT2D eigenvalue weighted by molar-refractivity contribution is 0.669. The third-order valence-corrected chi connectivity index (χ3v) is 7.78. The van der Waals surface area contributed by atoms with Gasteiger partial charge in [0.1, 0.15) is 11.2 Å². The van der Waals surface area contributed by atoms with Crippen molar-refractivity contribution in [2.75, 3.05) is 4.90 Å². The van der Waals surface area contributed by atoms with E-state index in [1.54, 1.807) is 4.90 Å². The van der Waals surface area contributed by atoms with E-state index in [0.29, 0.717) is 11.4 Å². The van der Waals surface area contributed by atoms with Crippen molar-refractivity contribution in [2.45, 2.75) is 0 Å². The summed E-state index contributed by atoms with van der Waals surface area (Å²) in [6, 6.07) is 42.5. The molecule has 8 aromatic rings. The summed E-state index contributed by atoms with van der Waals surface area (Å²) in [6.45, 7) is 0. The lowest BCUT2D eigenvalue weighted by atomic mass is 9.98. The number of hydrogen-bond acceptors (Lipinski definition) is 2. The minimum Gasteiger partial charge on any atom is -0.456 e. The summed E-state index contributed by atoms with van der Waals surface area (Å²) in [7, 11) is 0. The molecule has 0 aliphatic rings. The normalized spacial score (nSPS) is 13.0. The second-order valence-electron chi connectivity index (χ2n) is 10.2. The fraction of sp³-hybridized carbons (Fsp3) is 0. The summed E-state index contributed by atoms with van der Waals surface area (Å²) in [5.41, 5.74) is 7.15. The minimum atomic E-state index is -0.425. The maximum absolute atomic E-state index is 8.83. The van der Waals surface area contributed by atoms with Crippen LogP contribution in [-0.2, 0) is 0 Å². The molecule has 0 unspecified atom stereocenters. The number of anilines is 3. The van der Waals surface area contributed by atoms with Gasteiger partial charge in [-0.1, -0.05) is 115 Å². The molecule has 2 heteroatoms. The molecule has 0 saturated carbocycles. The van der Waals surface area contributed by atoms with Gasteiger partial charge in [0.25, 0.3) is 0 Å². The van der Waals surface area contributed by atoms with Crippen LogP contribution in [0.4, 0.5) is 17.1 Å². The first-order chi connectivity index (χ1) is 22.9. The van der Waals surface area contributed by atoms with Crippen LogP contribution in [0.25, 0.3) is 55.0 Å². The van der Waals surface area contributed by atoms with Crippen molar-refractivity contribution in [3.63, 3.8) is 0 Å². The zero-order valence-electron chi connectivity index (χ0n) is 27.6. The molecule has 0 spiro atoms. The molecule has 8 rings (SSSR count). The molecule has 0 saturated heterocycles. The third-order valence-electron chi connectivity index (χ3n) is 7.78. The summed E-state index contributed by atoms with van der Waals surface area (Å²) in [6.07, 6.45) is 0. The molecule has 0 aliphatic heterocycles. The molecule has 42 heavy (non-hydrogen) atoms. The Kier molecular flexibility index (Phi) is 4.68. The van der Waals surface area contributed by atoms with Crippen molar-refractivity contribution >= 4 is 49.8 Å². The molecule has 198 valence electrons. The molecule has 2 nitrogen and oxygen atoms in total. The van der Waals surface area contributed by atoms with Crippen LogP contribution < -0.4 is 4.90 Å². The second kappa shape index (κ2) is 10.1. The van der Waals surface area contributed by atoms with Crippen LogP contribution in [0, 0.1) is 0 Å². The summed E-state index contributed by atoms with van der Waals surface area (Å²) < 4.78 is 48.8. The summed E-state index contributed by atoms with van der Waals surface area (Å²) in [5, 5.41) is 4.35. The predicted octanol–water partition coefficient (Wildman–Crippen LogP) is 11.5. The zero-order valence-corrected chi connectivity index (χ0v) is 22.6. The number of rotatable bonds is 5. The third kappa shape index (κ3) is 4.13. The first kappa shape index (κ1) is 19.5. The monoisotopic (exact) mass is 542 g/mol. The molecule has 0 aliphatic carbocycles. The van der Waals surface area contributed by atoms with Gasteiger partial charge in [-0.25, -0.2) is 0 Å². The molecule has 7 aromatic carbocycles. The van der Waals surface area contributed by atoms with E-state index in [1.165, 1.54) is 0 Å². The highest BCUT2D eigenvalue weighted by molar-refractivity contribution is 6.12. The largest absolute Gasteiger partial charge is 0.456 e. The van der Waals surface area contributed by atoms with Crippen molar-refractivity contribution in [1.82, 2.24) is 0 Å². The van der Waals surface area contributed by atoms with Gasteiger partial charge in [-0.05, 0) is 81.5 Å². The number of nitrogens with zero attached hydrogens (tertiary/aromatic N) is 1. The van der Waals surface area contributed by atoms with Crippen LogP contribution in [0.1, 0.15) is 6.85 Å². The van der Waals surface area contributed by atoms with Crippen LogP contribution in [0.15, 0.2) is 168 Å². The quantitative estimate of drug-likeness (QED) is 0.215. The molecule has 0 N–H and O–H groups in total. The molecule has 0 amide bonds. The Morgan fingerprint density at radius 3 is 1.79 bits per heavy atom. The molecule has 0 fully saturated rings. The highest BCUT2D eigenvalue weighted by atomic mass is 16.3. The van der Waals surface area contributed by atoms with Crippen LogP contribution in [0.3, 0.4) is 0 Å². The van der Waals surface area contributed by atoms with Crippen LogP contribution >= 0.6 is 0 Å². The number of furan rings is 1. The lowest BCUT2D eigenvalue weighted by Crippen LogP contribution is -2.09. The molecule has 1 heterocycles. The Morgan fingerprint density at radius 2 is 1.02 bits per heavy atom. The van der Waals surface area contributed by atoms with E-state index in [1.807, 2.05) is 97.1 Å². The van der Waals surface area contributed by atoms with Gasteiger partial charge in [-0.2, -0.15) is 0 Å². The topological polar surface area (TPSA) is 16.4 Å². The molecular formula is C40H27NO. The average molecular weight is 543 g/mol. The number of benzene rings is 7. The second-order valence-corrected chi connectivity index (χ2v) is 10.2. The minimum absolute atomic E-state index is 0.0876. The van der Waals surface area contributed by atoms with Crippen LogP contribution in [0.2, 0.25) is 0 Å². The molecule has 0 bridgehead atoms. The van der Waals surface area contributed by atoms with Gasteiger partial charge < -0.3 is 9.32 Å². The van der Waals surface area contributed by atoms with Gasteiger partial charge in [0.15, 0.2) is 0 Å². The Bertz CT molecular complexity index is 2430. The Balaban J connectivity index is 1.27.